The van der Waals surface area contributed by atoms with Gasteiger partial charge < -0.3 is 9.42 Å². The fourth-order valence-electron chi connectivity index (χ4n) is 1.98. The molecule has 120 valence electrons. The van der Waals surface area contributed by atoms with Gasteiger partial charge in [-0.1, -0.05) is 12.1 Å². The Balaban J connectivity index is 2.05. The predicted octanol–water partition coefficient (Wildman–Crippen LogP) is 1.18. The van der Waals surface area contributed by atoms with Crippen LogP contribution in [0.1, 0.15) is 41.3 Å². The van der Waals surface area contributed by atoms with E-state index in [1.54, 1.807) is 25.9 Å². The van der Waals surface area contributed by atoms with Gasteiger partial charge in [-0.3, -0.25) is 19.4 Å². The Kier molecular flexibility index (Phi) is 5.07. The van der Waals surface area contributed by atoms with E-state index < -0.39 is 0 Å². The molecule has 0 spiro atoms. The number of carbonyl (C=O) groups is 1. The van der Waals surface area contributed by atoms with Crippen molar-refractivity contribution in [3.05, 3.63) is 33.8 Å². The van der Waals surface area contributed by atoms with Gasteiger partial charge in [0.05, 0.1) is 5.25 Å². The Hall–Kier alpha value is -2.03. The lowest BCUT2D eigenvalue weighted by Gasteiger charge is -2.14. The number of aromatic amines is 1. The van der Waals surface area contributed by atoms with Crippen molar-refractivity contribution in [3.8, 4) is 0 Å². The first kappa shape index (κ1) is 16.3. The van der Waals surface area contributed by atoms with Crippen molar-refractivity contribution in [3.63, 3.8) is 0 Å². The first-order valence-electron chi connectivity index (χ1n) is 6.88. The van der Waals surface area contributed by atoms with Crippen molar-refractivity contribution in [2.45, 2.75) is 25.6 Å². The average molecular weight is 325 g/mol. The molecule has 0 aliphatic carbocycles. The smallest absolute Gasteiger partial charge is 0.272 e. The number of H-pyrrole nitrogens is 1. The zero-order chi connectivity index (χ0) is 16.3. The topological polar surface area (TPSA) is 97.0 Å². The Bertz CT molecular complexity index is 705. The van der Waals surface area contributed by atoms with E-state index in [2.05, 4.69) is 22.2 Å². The molecule has 0 aliphatic rings. The van der Waals surface area contributed by atoms with Gasteiger partial charge in [-0.25, -0.2) is 0 Å². The lowest BCUT2D eigenvalue weighted by atomic mass is 10.3. The van der Waals surface area contributed by atoms with Gasteiger partial charge in [0.2, 0.25) is 5.89 Å². The molecule has 1 unspecified atom stereocenters. The van der Waals surface area contributed by atoms with Crippen LogP contribution < -0.4 is 5.56 Å². The lowest BCUT2D eigenvalue weighted by molar-refractivity contribution is 0.0758. The van der Waals surface area contributed by atoms with Gasteiger partial charge in [0.1, 0.15) is 12.2 Å². The summed E-state index contributed by atoms with van der Waals surface area (Å²) in [5.74, 6) is 1.66. The van der Waals surface area contributed by atoms with Crippen molar-refractivity contribution in [2.75, 3.05) is 12.8 Å². The van der Waals surface area contributed by atoms with Crippen molar-refractivity contribution >= 4 is 17.7 Å². The minimum atomic E-state index is -0.315. The lowest BCUT2D eigenvalue weighted by Crippen LogP contribution is -2.28. The van der Waals surface area contributed by atoms with E-state index in [-0.39, 0.29) is 29.0 Å². The van der Waals surface area contributed by atoms with Crippen LogP contribution in [0.3, 0.4) is 0 Å². The molecule has 22 heavy (non-hydrogen) atoms. The van der Waals surface area contributed by atoms with E-state index in [9.17, 15) is 9.59 Å². The molecule has 2 aromatic heterocycles. The van der Waals surface area contributed by atoms with E-state index in [4.69, 9.17) is 4.52 Å². The second kappa shape index (κ2) is 6.82. The van der Waals surface area contributed by atoms with E-state index in [1.807, 2.05) is 6.92 Å². The van der Waals surface area contributed by atoms with E-state index in [1.165, 1.54) is 15.6 Å². The van der Waals surface area contributed by atoms with Gasteiger partial charge >= 0.3 is 0 Å². The minimum Gasteiger partial charge on any atom is -0.337 e. The van der Waals surface area contributed by atoms with Crippen LogP contribution in [0.15, 0.2) is 15.4 Å². The number of thioether (sulfide) groups is 1. The van der Waals surface area contributed by atoms with Crippen LogP contribution in [0.4, 0.5) is 0 Å². The average Bonchev–Trinajstić information content (AvgIpc) is 3.05. The highest BCUT2D eigenvalue weighted by Gasteiger charge is 2.20. The van der Waals surface area contributed by atoms with Crippen molar-refractivity contribution < 1.29 is 9.32 Å². The third kappa shape index (κ3) is 3.59. The van der Waals surface area contributed by atoms with Crippen molar-refractivity contribution in [2.24, 2.45) is 7.05 Å². The van der Waals surface area contributed by atoms with Gasteiger partial charge in [0.15, 0.2) is 5.82 Å². The molecule has 0 bridgehead atoms. The number of amides is 1. The number of aromatic nitrogens is 4. The highest BCUT2D eigenvalue weighted by Crippen LogP contribution is 2.25. The standard InChI is InChI=1S/C13H19N5O3S/c1-5-22-8(2)12-14-11(21-16-12)7-17(3)13(20)9-6-10(19)15-18(9)4/h6,8H,5,7H2,1-4H3,(H,15,19). The summed E-state index contributed by atoms with van der Waals surface area (Å²) < 4.78 is 6.57. The van der Waals surface area contributed by atoms with Gasteiger partial charge in [-0.2, -0.15) is 16.7 Å². The normalized spacial score (nSPS) is 12.4. The molecular formula is C13H19N5O3S. The first-order chi connectivity index (χ1) is 10.4. The third-order valence-electron chi connectivity index (χ3n) is 3.11. The molecule has 0 radical (unpaired) electrons. The summed E-state index contributed by atoms with van der Waals surface area (Å²) in [6.45, 7) is 4.26. The summed E-state index contributed by atoms with van der Waals surface area (Å²) in [5, 5.41) is 6.58. The quantitative estimate of drug-likeness (QED) is 0.856. The Morgan fingerprint density at radius 1 is 1.59 bits per heavy atom. The maximum Gasteiger partial charge on any atom is 0.272 e. The summed E-state index contributed by atoms with van der Waals surface area (Å²) in [4.78, 5) is 29.3. The Labute approximate surface area is 131 Å². The fraction of sp³-hybridized carbons (Fsp3) is 0.538. The van der Waals surface area contributed by atoms with E-state index >= 15 is 0 Å². The number of aryl methyl sites for hydroxylation is 1. The van der Waals surface area contributed by atoms with Crippen LogP contribution in [-0.2, 0) is 13.6 Å². The van der Waals surface area contributed by atoms with Crippen LogP contribution in [0.5, 0.6) is 0 Å². The van der Waals surface area contributed by atoms with Crippen molar-refractivity contribution in [1.82, 2.24) is 24.8 Å². The summed E-state index contributed by atoms with van der Waals surface area (Å²) >= 11 is 1.72. The van der Waals surface area contributed by atoms with Crippen LogP contribution in [0, 0.1) is 0 Å². The molecule has 1 amide bonds. The molecule has 0 saturated heterocycles. The summed E-state index contributed by atoms with van der Waals surface area (Å²) in [6.07, 6.45) is 0. The molecule has 0 aliphatic heterocycles. The van der Waals surface area contributed by atoms with Gasteiger partial charge in [-0.15, -0.1) is 0 Å². The number of nitrogens with zero attached hydrogens (tertiary/aromatic N) is 4. The molecule has 8 nitrogen and oxygen atoms in total. The van der Waals surface area contributed by atoms with Crippen LogP contribution in [0.2, 0.25) is 0 Å². The summed E-state index contributed by atoms with van der Waals surface area (Å²) in [7, 11) is 3.23. The van der Waals surface area contributed by atoms with Gasteiger partial charge in [0.25, 0.3) is 11.5 Å². The molecule has 9 heteroatoms. The zero-order valence-electron chi connectivity index (χ0n) is 13.0. The summed E-state index contributed by atoms with van der Waals surface area (Å²) in [6, 6.07) is 1.26. The first-order valence-corrected chi connectivity index (χ1v) is 7.92. The number of rotatable bonds is 6. The van der Waals surface area contributed by atoms with E-state index in [0.29, 0.717) is 11.7 Å². The maximum atomic E-state index is 12.3. The highest BCUT2D eigenvalue weighted by molar-refractivity contribution is 7.99. The minimum absolute atomic E-state index is 0.147. The Morgan fingerprint density at radius 2 is 2.32 bits per heavy atom. The number of hydrogen-bond acceptors (Lipinski definition) is 6. The van der Waals surface area contributed by atoms with E-state index in [0.717, 1.165) is 5.75 Å². The number of hydrogen-bond donors (Lipinski definition) is 1. The summed E-state index contributed by atoms with van der Waals surface area (Å²) in [5.41, 5.74) is -0.0353. The van der Waals surface area contributed by atoms with Crippen LogP contribution in [-0.4, -0.2) is 43.5 Å². The molecule has 0 fully saturated rings. The molecular weight excluding hydrogens is 306 g/mol. The molecule has 0 saturated carbocycles. The third-order valence-corrected chi connectivity index (χ3v) is 4.15. The fourth-order valence-corrected chi connectivity index (χ4v) is 2.72. The Morgan fingerprint density at radius 3 is 2.91 bits per heavy atom. The van der Waals surface area contributed by atoms with Gasteiger partial charge in [-0.05, 0) is 12.7 Å². The second-order valence-corrected chi connectivity index (χ2v) is 6.49. The van der Waals surface area contributed by atoms with Crippen molar-refractivity contribution in [1.29, 1.82) is 0 Å². The molecule has 2 rings (SSSR count). The van der Waals surface area contributed by atoms with Crippen LogP contribution >= 0.6 is 11.8 Å². The van der Waals surface area contributed by atoms with Crippen LogP contribution in [0.25, 0.3) is 0 Å². The zero-order valence-corrected chi connectivity index (χ0v) is 13.8. The largest absolute Gasteiger partial charge is 0.337 e. The molecule has 2 aromatic rings. The number of carbonyl (C=O) groups excluding carboxylic acids is 1. The van der Waals surface area contributed by atoms with Gasteiger partial charge in [0, 0.05) is 20.2 Å². The highest BCUT2D eigenvalue weighted by atomic mass is 32.2. The molecule has 0 aromatic carbocycles. The second-order valence-electron chi connectivity index (χ2n) is 4.87. The number of nitrogens with one attached hydrogen (secondary N) is 1. The molecule has 2 heterocycles. The predicted molar refractivity (Wildman–Crippen MR) is 82.7 cm³/mol. The SMILES string of the molecule is CCSC(C)c1noc(CN(C)C(=O)c2cc(=O)[nH]n2C)n1. The maximum absolute atomic E-state index is 12.3. The molecule has 1 atom stereocenters. The monoisotopic (exact) mass is 325 g/mol. The molecule has 1 N–H and O–H groups in total.